The molecule has 0 bridgehead atoms. The Balaban J connectivity index is 0.00000225. The molecule has 0 radical (unpaired) electrons. The lowest BCUT2D eigenvalue weighted by Crippen LogP contribution is -3.09. The van der Waals surface area contributed by atoms with Gasteiger partial charge in [-0.15, -0.1) is 0 Å². The summed E-state index contributed by atoms with van der Waals surface area (Å²) >= 11 is 0. The van der Waals surface area contributed by atoms with Crippen LogP contribution in [0.3, 0.4) is 0 Å². The molecule has 0 aromatic heterocycles. The van der Waals surface area contributed by atoms with Gasteiger partial charge in [-0.1, -0.05) is 56.9 Å². The summed E-state index contributed by atoms with van der Waals surface area (Å²) in [4.78, 5) is 6.09. The summed E-state index contributed by atoms with van der Waals surface area (Å²) in [6.45, 7) is 3.27. The Bertz CT molecular complexity index is 715. The smallest absolute Gasteiger partial charge is 0.243 e. The third kappa shape index (κ3) is 4.62. The van der Waals surface area contributed by atoms with E-state index in [-0.39, 0.29) is 12.4 Å². The number of benzene rings is 2. The molecule has 0 saturated carbocycles. The van der Waals surface area contributed by atoms with E-state index in [2.05, 4.69) is 25.1 Å². The van der Waals surface area contributed by atoms with Gasteiger partial charge in [-0.05, 0) is 31.0 Å². The van der Waals surface area contributed by atoms with Crippen molar-refractivity contribution in [1.82, 2.24) is 0 Å². The Morgan fingerprint density at radius 3 is 2.36 bits per heavy atom. The topological polar surface area (TPSA) is 37.0 Å². The van der Waals surface area contributed by atoms with Crippen molar-refractivity contribution in [1.29, 1.82) is 0 Å². The van der Waals surface area contributed by atoms with E-state index in [4.69, 9.17) is 4.99 Å². The summed E-state index contributed by atoms with van der Waals surface area (Å²) in [5, 5.41) is 10.2. The van der Waals surface area contributed by atoms with Gasteiger partial charge >= 0.3 is 0 Å². The van der Waals surface area contributed by atoms with Gasteiger partial charge in [0.05, 0.1) is 12.1 Å². The summed E-state index contributed by atoms with van der Waals surface area (Å²) in [6, 6.07) is 15.8. The number of para-hydroxylation sites is 3. The first-order valence-electron chi connectivity index (χ1n) is 9.14. The summed E-state index contributed by atoms with van der Waals surface area (Å²) < 4.78 is 0. The third-order valence-electron chi connectivity index (χ3n) is 4.69. The van der Waals surface area contributed by atoms with Crippen molar-refractivity contribution in [2.24, 2.45) is 4.99 Å². The molecular weight excluding hydrogens is 332 g/mol. The lowest BCUT2D eigenvalue weighted by molar-refractivity contribution is -0.727. The molecule has 3 rings (SSSR count). The number of halogens is 1. The lowest BCUT2D eigenvalue weighted by Gasteiger charge is -2.16. The Morgan fingerprint density at radius 1 is 0.880 bits per heavy atom. The van der Waals surface area contributed by atoms with Gasteiger partial charge in [-0.2, -0.15) is 4.99 Å². The summed E-state index contributed by atoms with van der Waals surface area (Å²) in [5.74, 6) is 1.26. The van der Waals surface area contributed by atoms with Crippen LogP contribution in [-0.2, 0) is 0 Å². The highest BCUT2D eigenvalue weighted by atomic mass is 35.5. The van der Waals surface area contributed by atoms with Crippen LogP contribution in [0.4, 0.5) is 11.4 Å². The highest BCUT2D eigenvalue weighted by Crippen LogP contribution is 2.28. The number of aliphatic imine (C=N–C) groups is 1. The number of hydrogen-bond donors (Lipinski definition) is 2. The number of nitrogens with one attached hydrogen (secondary N) is 1. The molecule has 134 valence electrons. The average Bonchev–Trinajstić information content (AvgIpc) is 2.97. The van der Waals surface area contributed by atoms with Gasteiger partial charge in [0.25, 0.3) is 0 Å². The van der Waals surface area contributed by atoms with E-state index in [1.807, 2.05) is 24.3 Å². The second-order valence-corrected chi connectivity index (χ2v) is 6.49. The second-order valence-electron chi connectivity index (χ2n) is 6.49. The molecule has 1 atom stereocenters. The monoisotopic (exact) mass is 358 g/mol. The van der Waals surface area contributed by atoms with Crippen molar-refractivity contribution < 1.29 is 22.4 Å². The number of rotatable bonds is 8. The number of phenols is 1. The number of quaternary nitrogens is 1. The molecule has 0 saturated heterocycles. The first-order chi connectivity index (χ1) is 11.8. The quantitative estimate of drug-likeness (QED) is 0.687. The Kier molecular flexibility index (Phi) is 7.48. The standard InChI is InChI=1S/C21H26N2O.ClH/c1-2-3-4-5-6-11-16-23-19-14-9-8-13-18(19)22-21(23)17-12-7-10-15-20(17)24;/h7-10,12-15,24H,2-6,11,16H2,1H3;1H. The van der Waals surface area contributed by atoms with E-state index < -0.39 is 0 Å². The van der Waals surface area contributed by atoms with Gasteiger partial charge in [0, 0.05) is 6.07 Å². The van der Waals surface area contributed by atoms with Gasteiger partial charge in [0.1, 0.15) is 11.4 Å². The van der Waals surface area contributed by atoms with Gasteiger partial charge < -0.3 is 17.5 Å². The van der Waals surface area contributed by atoms with Crippen LogP contribution in [0.25, 0.3) is 0 Å². The first-order valence-corrected chi connectivity index (χ1v) is 9.14. The fourth-order valence-corrected chi connectivity index (χ4v) is 3.37. The van der Waals surface area contributed by atoms with Crippen LogP contribution >= 0.6 is 0 Å². The van der Waals surface area contributed by atoms with E-state index in [1.54, 1.807) is 6.07 Å². The molecule has 2 aromatic rings. The molecule has 1 heterocycles. The fraction of sp³-hybridized carbons (Fsp3) is 0.381. The molecule has 1 aliphatic heterocycles. The minimum absolute atomic E-state index is 0. The third-order valence-corrected chi connectivity index (χ3v) is 4.69. The van der Waals surface area contributed by atoms with Crippen LogP contribution in [0, 0.1) is 0 Å². The largest absolute Gasteiger partial charge is 1.00 e. The number of nitrogens with zero attached hydrogens (tertiary/aromatic N) is 1. The average molecular weight is 359 g/mol. The predicted octanol–water partition coefficient (Wildman–Crippen LogP) is 1.36. The van der Waals surface area contributed by atoms with Crippen LogP contribution in [0.1, 0.15) is 51.0 Å². The maximum Gasteiger partial charge on any atom is 0.243 e. The summed E-state index contributed by atoms with van der Waals surface area (Å²) in [7, 11) is 0. The van der Waals surface area contributed by atoms with Crippen molar-refractivity contribution in [2.45, 2.75) is 45.4 Å². The van der Waals surface area contributed by atoms with E-state index in [9.17, 15) is 5.11 Å². The highest BCUT2D eigenvalue weighted by Gasteiger charge is 2.31. The van der Waals surface area contributed by atoms with Gasteiger partial charge in [0.15, 0.2) is 5.69 Å². The maximum atomic E-state index is 10.2. The number of hydrogen-bond acceptors (Lipinski definition) is 2. The summed E-state index contributed by atoms with van der Waals surface area (Å²) in [6.07, 6.45) is 7.72. The van der Waals surface area contributed by atoms with E-state index in [0.717, 1.165) is 23.6 Å². The number of unbranched alkanes of at least 4 members (excludes halogenated alkanes) is 5. The molecule has 3 nitrogen and oxygen atoms in total. The van der Waals surface area contributed by atoms with Crippen molar-refractivity contribution in [3.63, 3.8) is 0 Å². The van der Waals surface area contributed by atoms with Gasteiger partial charge in [0.2, 0.25) is 5.84 Å². The van der Waals surface area contributed by atoms with Crippen molar-refractivity contribution in [2.75, 3.05) is 6.54 Å². The van der Waals surface area contributed by atoms with Crippen LogP contribution < -0.4 is 17.3 Å². The van der Waals surface area contributed by atoms with Crippen molar-refractivity contribution in [3.05, 3.63) is 54.1 Å². The number of amidine groups is 1. The molecule has 2 aromatic carbocycles. The molecule has 0 fully saturated rings. The van der Waals surface area contributed by atoms with Gasteiger partial charge in [-0.25, -0.2) is 0 Å². The SMILES string of the molecule is CCCCCCCC[NH+]1C(c2ccccc2O)=Nc2ccccc21.[Cl-]. The van der Waals surface area contributed by atoms with E-state index in [1.165, 1.54) is 49.1 Å². The first kappa shape index (κ1) is 19.5. The molecule has 2 N–H and O–H groups in total. The zero-order chi connectivity index (χ0) is 16.8. The minimum atomic E-state index is 0. The highest BCUT2D eigenvalue weighted by molar-refractivity contribution is 6.00. The number of fused-ring (bicyclic) bond motifs is 1. The second kappa shape index (κ2) is 9.59. The molecule has 0 spiro atoms. The number of aromatic hydroxyl groups is 1. The van der Waals surface area contributed by atoms with Crippen LogP contribution in [0.2, 0.25) is 0 Å². The van der Waals surface area contributed by atoms with Gasteiger partial charge in [-0.3, -0.25) is 4.90 Å². The van der Waals surface area contributed by atoms with Crippen molar-refractivity contribution >= 4 is 17.2 Å². The Hall–Kier alpha value is -1.84. The van der Waals surface area contributed by atoms with Crippen molar-refractivity contribution in [3.8, 4) is 5.75 Å². The minimum Gasteiger partial charge on any atom is -1.00 e. The Labute approximate surface area is 156 Å². The zero-order valence-corrected chi connectivity index (χ0v) is 15.6. The summed E-state index contributed by atoms with van der Waals surface area (Å²) in [5.41, 5.74) is 3.09. The predicted molar refractivity (Wildman–Crippen MR) is 99.6 cm³/mol. The van der Waals surface area contributed by atoms with Crippen LogP contribution in [0.5, 0.6) is 5.75 Å². The maximum absolute atomic E-state index is 10.2. The molecule has 1 aliphatic rings. The number of phenolic OH excluding ortho intramolecular Hbond substituents is 1. The molecule has 4 heteroatoms. The normalized spacial score (nSPS) is 15.4. The van der Waals surface area contributed by atoms with E-state index in [0.29, 0.717) is 5.75 Å². The molecular formula is C21H27ClN2O. The van der Waals surface area contributed by atoms with Crippen LogP contribution in [0.15, 0.2) is 53.5 Å². The molecule has 25 heavy (non-hydrogen) atoms. The Morgan fingerprint density at radius 2 is 1.56 bits per heavy atom. The van der Waals surface area contributed by atoms with E-state index >= 15 is 0 Å². The zero-order valence-electron chi connectivity index (χ0n) is 14.8. The molecule has 1 unspecified atom stereocenters. The molecule has 0 aliphatic carbocycles. The fourth-order valence-electron chi connectivity index (χ4n) is 3.37. The molecule has 0 amide bonds. The van der Waals surface area contributed by atoms with Crippen LogP contribution in [-0.4, -0.2) is 17.5 Å². The lowest BCUT2D eigenvalue weighted by atomic mass is 10.1.